The first kappa shape index (κ1) is 17.7. The van der Waals surface area contributed by atoms with Crippen LogP contribution >= 0.6 is 12.2 Å². The van der Waals surface area contributed by atoms with Gasteiger partial charge in [0.05, 0.1) is 27.5 Å². The van der Waals surface area contributed by atoms with Gasteiger partial charge in [-0.3, -0.25) is 0 Å². The third-order valence-electron chi connectivity index (χ3n) is 3.73. The standard InChI is InChI=1S/C18H18N4O3S/c1-23-14-6-4-5-12(9-14)17-20-21-18(26)22(17)19-11-13-7-8-15(24-2)10-16(13)25-3/h4-11H,1-3H3,(H,21,26)/b19-11-. The summed E-state index contributed by atoms with van der Waals surface area (Å²) in [5.41, 5.74) is 1.61. The molecule has 0 fully saturated rings. The molecular weight excluding hydrogens is 352 g/mol. The Balaban J connectivity index is 2.00. The average Bonchev–Trinajstić information content (AvgIpc) is 3.06. The molecule has 1 heterocycles. The normalized spacial score (nSPS) is 10.9. The molecule has 8 heteroatoms. The fourth-order valence-electron chi connectivity index (χ4n) is 2.39. The highest BCUT2D eigenvalue weighted by Crippen LogP contribution is 2.24. The minimum Gasteiger partial charge on any atom is -0.497 e. The van der Waals surface area contributed by atoms with Crippen molar-refractivity contribution in [2.75, 3.05) is 21.3 Å². The number of H-pyrrole nitrogens is 1. The molecule has 0 atom stereocenters. The number of hydrogen-bond donors (Lipinski definition) is 1. The Morgan fingerprint density at radius 3 is 2.54 bits per heavy atom. The van der Waals surface area contributed by atoms with E-state index in [9.17, 15) is 0 Å². The Morgan fingerprint density at radius 1 is 1.04 bits per heavy atom. The zero-order valence-electron chi connectivity index (χ0n) is 14.6. The van der Waals surface area contributed by atoms with Crippen molar-refractivity contribution in [3.8, 4) is 28.6 Å². The van der Waals surface area contributed by atoms with Crippen LogP contribution in [0.4, 0.5) is 0 Å². The van der Waals surface area contributed by atoms with Crippen molar-refractivity contribution < 1.29 is 14.2 Å². The zero-order chi connectivity index (χ0) is 18.5. The van der Waals surface area contributed by atoms with Crippen molar-refractivity contribution in [2.24, 2.45) is 5.10 Å². The van der Waals surface area contributed by atoms with Crippen molar-refractivity contribution in [3.63, 3.8) is 0 Å². The Bertz CT molecular complexity index is 994. The van der Waals surface area contributed by atoms with E-state index in [1.807, 2.05) is 36.4 Å². The quantitative estimate of drug-likeness (QED) is 0.531. The van der Waals surface area contributed by atoms with E-state index in [-0.39, 0.29) is 0 Å². The molecular formula is C18H18N4O3S. The fraction of sp³-hybridized carbons (Fsp3) is 0.167. The number of aromatic amines is 1. The lowest BCUT2D eigenvalue weighted by Gasteiger charge is -2.07. The van der Waals surface area contributed by atoms with Crippen LogP contribution < -0.4 is 14.2 Å². The molecule has 1 aromatic heterocycles. The molecule has 0 unspecified atom stereocenters. The maximum absolute atomic E-state index is 5.39. The van der Waals surface area contributed by atoms with E-state index in [0.29, 0.717) is 22.1 Å². The first-order chi connectivity index (χ1) is 12.7. The lowest BCUT2D eigenvalue weighted by Crippen LogP contribution is -1.97. The largest absolute Gasteiger partial charge is 0.497 e. The van der Waals surface area contributed by atoms with Crippen LogP contribution in [0.25, 0.3) is 11.4 Å². The summed E-state index contributed by atoms with van der Waals surface area (Å²) in [4.78, 5) is 0. The van der Waals surface area contributed by atoms with Gasteiger partial charge >= 0.3 is 0 Å². The molecule has 1 N–H and O–H groups in total. The third-order valence-corrected chi connectivity index (χ3v) is 4.00. The first-order valence-corrected chi connectivity index (χ1v) is 8.15. The minimum atomic E-state index is 0.381. The van der Waals surface area contributed by atoms with Crippen molar-refractivity contribution >= 4 is 18.4 Å². The highest BCUT2D eigenvalue weighted by atomic mass is 32.1. The summed E-state index contributed by atoms with van der Waals surface area (Å²) < 4.78 is 17.8. The summed E-state index contributed by atoms with van der Waals surface area (Å²) in [6, 6.07) is 13.0. The van der Waals surface area contributed by atoms with Gasteiger partial charge in [-0.05, 0) is 36.5 Å². The van der Waals surface area contributed by atoms with E-state index < -0.39 is 0 Å². The molecule has 0 bridgehead atoms. The monoisotopic (exact) mass is 370 g/mol. The number of ether oxygens (including phenoxy) is 3. The Labute approximate surface area is 155 Å². The predicted molar refractivity (Wildman–Crippen MR) is 102 cm³/mol. The van der Waals surface area contributed by atoms with E-state index in [4.69, 9.17) is 26.4 Å². The molecule has 26 heavy (non-hydrogen) atoms. The molecule has 7 nitrogen and oxygen atoms in total. The maximum atomic E-state index is 5.39. The van der Waals surface area contributed by atoms with Gasteiger partial charge in [-0.25, -0.2) is 5.10 Å². The van der Waals surface area contributed by atoms with Crippen molar-refractivity contribution in [1.29, 1.82) is 0 Å². The molecule has 0 saturated carbocycles. The zero-order valence-corrected chi connectivity index (χ0v) is 15.4. The predicted octanol–water partition coefficient (Wildman–Crippen LogP) is 3.52. The summed E-state index contributed by atoms with van der Waals surface area (Å²) in [7, 11) is 4.81. The van der Waals surface area contributed by atoms with Crippen molar-refractivity contribution in [3.05, 3.63) is 52.8 Å². The third kappa shape index (κ3) is 3.60. The number of hydrogen-bond acceptors (Lipinski definition) is 6. The highest BCUT2D eigenvalue weighted by Gasteiger charge is 2.10. The van der Waals surface area contributed by atoms with Crippen LogP contribution in [-0.4, -0.2) is 42.4 Å². The van der Waals surface area contributed by atoms with Gasteiger partial charge < -0.3 is 14.2 Å². The van der Waals surface area contributed by atoms with Gasteiger partial charge in [0.1, 0.15) is 17.2 Å². The average molecular weight is 370 g/mol. The smallest absolute Gasteiger partial charge is 0.216 e. The second kappa shape index (κ2) is 7.83. The number of nitrogens with one attached hydrogen (secondary N) is 1. The van der Waals surface area contributed by atoms with Gasteiger partial charge in [-0.2, -0.15) is 14.9 Å². The van der Waals surface area contributed by atoms with Crippen LogP contribution in [0.5, 0.6) is 17.2 Å². The Kier molecular flexibility index (Phi) is 5.33. The highest BCUT2D eigenvalue weighted by molar-refractivity contribution is 7.71. The van der Waals surface area contributed by atoms with E-state index in [1.165, 1.54) is 0 Å². The molecule has 0 aliphatic rings. The molecule has 0 amide bonds. The van der Waals surface area contributed by atoms with Crippen LogP contribution in [0.1, 0.15) is 5.56 Å². The molecule has 134 valence electrons. The molecule has 3 aromatic rings. The number of nitrogens with zero attached hydrogens (tertiary/aromatic N) is 3. The molecule has 0 spiro atoms. The molecule has 0 aliphatic carbocycles. The van der Waals surface area contributed by atoms with Gasteiger partial charge in [-0.1, -0.05) is 12.1 Å². The van der Waals surface area contributed by atoms with E-state index in [2.05, 4.69) is 15.3 Å². The number of rotatable bonds is 6. The molecule has 0 aliphatic heterocycles. The van der Waals surface area contributed by atoms with Gasteiger partial charge in [0.15, 0.2) is 5.82 Å². The lowest BCUT2D eigenvalue weighted by atomic mass is 10.2. The van der Waals surface area contributed by atoms with Crippen LogP contribution in [0, 0.1) is 4.77 Å². The van der Waals surface area contributed by atoms with Crippen LogP contribution in [0.2, 0.25) is 0 Å². The van der Waals surface area contributed by atoms with Gasteiger partial charge in [0.2, 0.25) is 4.77 Å². The maximum Gasteiger partial charge on any atom is 0.216 e. The number of benzene rings is 2. The molecule has 0 radical (unpaired) electrons. The van der Waals surface area contributed by atoms with E-state index >= 15 is 0 Å². The summed E-state index contributed by atoms with van der Waals surface area (Å²) >= 11 is 5.30. The SMILES string of the molecule is COc1cccc(-c2n[nH]c(=S)n2/N=C\c2ccc(OC)cc2OC)c1. The summed E-state index contributed by atoms with van der Waals surface area (Å²) in [5.74, 6) is 2.66. The molecule has 2 aromatic carbocycles. The van der Waals surface area contributed by atoms with Gasteiger partial charge in [0, 0.05) is 17.2 Å². The summed E-state index contributed by atoms with van der Waals surface area (Å²) in [6.07, 6.45) is 1.66. The van der Waals surface area contributed by atoms with Crippen LogP contribution in [0.3, 0.4) is 0 Å². The second-order valence-electron chi connectivity index (χ2n) is 5.25. The molecule has 3 rings (SSSR count). The Hall–Kier alpha value is -3.13. The Morgan fingerprint density at radius 2 is 1.81 bits per heavy atom. The van der Waals surface area contributed by atoms with E-state index in [0.717, 1.165) is 16.9 Å². The summed E-state index contributed by atoms with van der Waals surface area (Å²) in [6.45, 7) is 0. The first-order valence-electron chi connectivity index (χ1n) is 7.74. The molecule has 0 saturated heterocycles. The van der Waals surface area contributed by atoms with Crippen molar-refractivity contribution in [2.45, 2.75) is 0 Å². The van der Waals surface area contributed by atoms with Crippen LogP contribution in [-0.2, 0) is 0 Å². The minimum absolute atomic E-state index is 0.381. The number of aromatic nitrogens is 3. The number of methoxy groups -OCH3 is 3. The van der Waals surface area contributed by atoms with E-state index in [1.54, 1.807) is 38.3 Å². The lowest BCUT2D eigenvalue weighted by molar-refractivity contribution is 0.394. The fourth-order valence-corrected chi connectivity index (χ4v) is 2.57. The topological polar surface area (TPSA) is 73.7 Å². The van der Waals surface area contributed by atoms with Crippen LogP contribution in [0.15, 0.2) is 47.6 Å². The van der Waals surface area contributed by atoms with Crippen molar-refractivity contribution in [1.82, 2.24) is 14.9 Å². The van der Waals surface area contributed by atoms with Gasteiger partial charge in [0.25, 0.3) is 0 Å². The summed E-state index contributed by atoms with van der Waals surface area (Å²) in [5, 5.41) is 11.5. The van der Waals surface area contributed by atoms with Gasteiger partial charge in [-0.15, -0.1) is 0 Å². The second-order valence-corrected chi connectivity index (χ2v) is 5.64.